The Labute approximate surface area is 109 Å². The lowest BCUT2D eigenvalue weighted by molar-refractivity contribution is 0.524. The Morgan fingerprint density at radius 2 is 1.33 bits per heavy atom. The Morgan fingerprint density at radius 1 is 0.833 bits per heavy atom. The fraction of sp³-hybridized carbons (Fsp3) is 0.375. The molecule has 0 saturated carbocycles. The zero-order valence-corrected chi connectivity index (χ0v) is 11.8. The van der Waals surface area contributed by atoms with Gasteiger partial charge in [-0.15, -0.1) is 0 Å². The predicted octanol–water partition coefficient (Wildman–Crippen LogP) is 3.95. The summed E-state index contributed by atoms with van der Waals surface area (Å²) in [5.74, 6) is 1.76. The second kappa shape index (κ2) is 4.62. The van der Waals surface area contributed by atoms with Gasteiger partial charge in [0, 0.05) is 5.56 Å². The summed E-state index contributed by atoms with van der Waals surface area (Å²) in [6.07, 6.45) is 0. The summed E-state index contributed by atoms with van der Waals surface area (Å²) < 4.78 is 5.81. The van der Waals surface area contributed by atoms with Crippen LogP contribution in [-0.4, -0.2) is 0 Å². The number of nitrogens with two attached hydrogens (primary N) is 1. The topological polar surface area (TPSA) is 39.2 Å². The lowest BCUT2D eigenvalue weighted by atomic mass is 9.88. The standard InChI is InChI=1S/C16H21NO/c1-9-10(2)12(4)16(13(5)11(9)3)15-7-6-14(8-17)18-15/h6-7H,8,17H2,1-5H3. The Kier molecular flexibility index (Phi) is 3.31. The van der Waals surface area contributed by atoms with Gasteiger partial charge in [0.05, 0.1) is 6.54 Å². The predicted molar refractivity (Wildman–Crippen MR) is 75.7 cm³/mol. The van der Waals surface area contributed by atoms with Gasteiger partial charge in [0.2, 0.25) is 0 Å². The number of hydrogen-bond acceptors (Lipinski definition) is 2. The van der Waals surface area contributed by atoms with Crippen molar-refractivity contribution in [1.29, 1.82) is 0 Å². The maximum absolute atomic E-state index is 5.81. The van der Waals surface area contributed by atoms with E-state index in [4.69, 9.17) is 10.2 Å². The molecular formula is C16H21NO. The summed E-state index contributed by atoms with van der Waals surface area (Å²) in [4.78, 5) is 0. The van der Waals surface area contributed by atoms with Crippen molar-refractivity contribution in [3.63, 3.8) is 0 Å². The summed E-state index contributed by atoms with van der Waals surface area (Å²) in [6, 6.07) is 3.98. The number of hydrogen-bond donors (Lipinski definition) is 1. The molecule has 0 radical (unpaired) electrons. The van der Waals surface area contributed by atoms with E-state index in [2.05, 4.69) is 34.6 Å². The molecule has 0 aliphatic heterocycles. The monoisotopic (exact) mass is 243 g/mol. The van der Waals surface area contributed by atoms with Gasteiger partial charge in [-0.1, -0.05) is 0 Å². The fourth-order valence-corrected chi connectivity index (χ4v) is 2.49. The Morgan fingerprint density at radius 3 is 1.78 bits per heavy atom. The number of rotatable bonds is 2. The van der Waals surface area contributed by atoms with Crippen LogP contribution in [0.15, 0.2) is 16.5 Å². The summed E-state index contributed by atoms with van der Waals surface area (Å²) in [5, 5.41) is 0. The summed E-state index contributed by atoms with van der Waals surface area (Å²) in [5.41, 5.74) is 13.5. The molecule has 0 fully saturated rings. The van der Waals surface area contributed by atoms with Gasteiger partial charge in [-0.3, -0.25) is 0 Å². The van der Waals surface area contributed by atoms with Crippen LogP contribution in [0.5, 0.6) is 0 Å². The molecule has 2 nitrogen and oxygen atoms in total. The van der Waals surface area contributed by atoms with Gasteiger partial charge >= 0.3 is 0 Å². The van der Waals surface area contributed by atoms with Crippen molar-refractivity contribution in [2.24, 2.45) is 5.73 Å². The number of furan rings is 1. The van der Waals surface area contributed by atoms with Crippen LogP contribution in [0.1, 0.15) is 33.6 Å². The van der Waals surface area contributed by atoms with Gasteiger partial charge in [-0.05, 0) is 74.6 Å². The minimum absolute atomic E-state index is 0.446. The molecule has 1 heterocycles. The molecule has 1 aromatic heterocycles. The molecule has 1 aromatic carbocycles. The third-order valence-corrected chi connectivity index (χ3v) is 4.11. The van der Waals surface area contributed by atoms with Crippen molar-refractivity contribution in [3.05, 3.63) is 45.7 Å². The van der Waals surface area contributed by atoms with Crippen LogP contribution in [0.3, 0.4) is 0 Å². The van der Waals surface area contributed by atoms with Crippen LogP contribution in [0.4, 0.5) is 0 Å². The van der Waals surface area contributed by atoms with E-state index in [9.17, 15) is 0 Å². The van der Waals surface area contributed by atoms with E-state index < -0.39 is 0 Å². The molecule has 0 saturated heterocycles. The third kappa shape index (κ3) is 1.87. The molecule has 0 atom stereocenters. The second-order valence-electron chi connectivity index (χ2n) is 4.97. The lowest BCUT2D eigenvalue weighted by Gasteiger charge is -2.17. The van der Waals surface area contributed by atoms with Crippen molar-refractivity contribution >= 4 is 0 Å². The molecular weight excluding hydrogens is 222 g/mol. The highest BCUT2D eigenvalue weighted by atomic mass is 16.3. The second-order valence-corrected chi connectivity index (χ2v) is 4.97. The van der Waals surface area contributed by atoms with E-state index in [1.807, 2.05) is 12.1 Å². The van der Waals surface area contributed by atoms with Crippen LogP contribution in [-0.2, 0) is 6.54 Å². The maximum Gasteiger partial charge on any atom is 0.134 e. The molecule has 2 heteroatoms. The third-order valence-electron chi connectivity index (χ3n) is 4.11. The highest BCUT2D eigenvalue weighted by Gasteiger charge is 2.16. The van der Waals surface area contributed by atoms with Crippen molar-refractivity contribution in [1.82, 2.24) is 0 Å². The van der Waals surface area contributed by atoms with Crippen LogP contribution >= 0.6 is 0 Å². The Balaban J connectivity index is 2.71. The average Bonchev–Trinajstić information content (AvgIpc) is 2.83. The maximum atomic E-state index is 5.81. The zero-order chi connectivity index (χ0) is 13.4. The minimum atomic E-state index is 0.446. The van der Waals surface area contributed by atoms with E-state index >= 15 is 0 Å². The molecule has 96 valence electrons. The first-order chi connectivity index (χ1) is 8.47. The zero-order valence-electron chi connectivity index (χ0n) is 11.8. The van der Waals surface area contributed by atoms with Gasteiger partial charge in [-0.25, -0.2) is 0 Å². The molecule has 0 unspecified atom stereocenters. The Bertz CT molecular complexity index is 564. The molecule has 0 spiro atoms. The molecule has 2 aromatic rings. The van der Waals surface area contributed by atoms with Crippen molar-refractivity contribution in [2.75, 3.05) is 0 Å². The first-order valence-electron chi connectivity index (χ1n) is 6.33. The molecule has 0 aliphatic rings. The van der Waals surface area contributed by atoms with Gasteiger partial charge in [0.15, 0.2) is 0 Å². The molecule has 2 rings (SSSR count). The van der Waals surface area contributed by atoms with Gasteiger partial charge in [-0.2, -0.15) is 0 Å². The quantitative estimate of drug-likeness (QED) is 0.867. The SMILES string of the molecule is Cc1c(C)c(C)c(-c2ccc(CN)o2)c(C)c1C. The highest BCUT2D eigenvalue weighted by molar-refractivity contribution is 5.71. The largest absolute Gasteiger partial charge is 0.460 e. The van der Waals surface area contributed by atoms with E-state index in [-0.39, 0.29) is 0 Å². The smallest absolute Gasteiger partial charge is 0.134 e. The molecule has 18 heavy (non-hydrogen) atoms. The minimum Gasteiger partial charge on any atom is -0.460 e. The van der Waals surface area contributed by atoms with Crippen LogP contribution in [0, 0.1) is 34.6 Å². The van der Waals surface area contributed by atoms with Crippen LogP contribution in [0.25, 0.3) is 11.3 Å². The van der Waals surface area contributed by atoms with Crippen molar-refractivity contribution < 1.29 is 4.42 Å². The first kappa shape index (κ1) is 12.9. The molecule has 0 bridgehead atoms. The van der Waals surface area contributed by atoms with Gasteiger partial charge < -0.3 is 10.2 Å². The molecule has 2 N–H and O–H groups in total. The van der Waals surface area contributed by atoms with Gasteiger partial charge in [0.1, 0.15) is 11.5 Å². The van der Waals surface area contributed by atoms with E-state index in [0.717, 1.165) is 11.5 Å². The van der Waals surface area contributed by atoms with Crippen molar-refractivity contribution in [3.8, 4) is 11.3 Å². The molecule has 0 amide bonds. The lowest BCUT2D eigenvalue weighted by Crippen LogP contribution is -1.99. The fourth-order valence-electron chi connectivity index (χ4n) is 2.49. The molecule has 0 aliphatic carbocycles. The van der Waals surface area contributed by atoms with Gasteiger partial charge in [0.25, 0.3) is 0 Å². The van der Waals surface area contributed by atoms with E-state index in [1.54, 1.807) is 0 Å². The van der Waals surface area contributed by atoms with E-state index in [1.165, 1.54) is 33.4 Å². The highest BCUT2D eigenvalue weighted by Crippen LogP contribution is 2.34. The normalized spacial score (nSPS) is 11.0. The van der Waals surface area contributed by atoms with Crippen LogP contribution in [0.2, 0.25) is 0 Å². The van der Waals surface area contributed by atoms with Crippen molar-refractivity contribution in [2.45, 2.75) is 41.2 Å². The summed E-state index contributed by atoms with van der Waals surface area (Å²) in [6.45, 7) is 11.3. The Hall–Kier alpha value is -1.54. The number of benzene rings is 1. The first-order valence-corrected chi connectivity index (χ1v) is 6.33. The summed E-state index contributed by atoms with van der Waals surface area (Å²) in [7, 11) is 0. The van der Waals surface area contributed by atoms with Crippen LogP contribution < -0.4 is 5.73 Å². The van der Waals surface area contributed by atoms with E-state index in [0.29, 0.717) is 6.54 Å². The summed E-state index contributed by atoms with van der Waals surface area (Å²) >= 11 is 0. The average molecular weight is 243 g/mol.